The highest BCUT2D eigenvalue weighted by Gasteiger charge is 2.21. The second-order valence-corrected chi connectivity index (χ2v) is 5.47. The Hall–Kier alpha value is -1.51. The number of carbonyl (C=O) groups excluding carboxylic acids is 1. The lowest BCUT2D eigenvalue weighted by atomic mass is 9.98. The Bertz CT molecular complexity index is 417. The zero-order chi connectivity index (χ0) is 13.2. The number of benzene rings is 1. The van der Waals surface area contributed by atoms with Crippen molar-refractivity contribution < 1.29 is 9.53 Å². The third-order valence-corrected chi connectivity index (χ3v) is 2.38. The lowest BCUT2D eigenvalue weighted by Gasteiger charge is -2.21. The Balaban J connectivity index is 3.07. The fourth-order valence-corrected chi connectivity index (χ4v) is 1.60. The number of carbonyl (C=O) groups is 1. The molecule has 3 heteroatoms. The van der Waals surface area contributed by atoms with Crippen LogP contribution in [0.4, 0.5) is 5.69 Å². The van der Waals surface area contributed by atoms with Crippen molar-refractivity contribution >= 4 is 11.7 Å². The van der Waals surface area contributed by atoms with E-state index in [9.17, 15) is 4.79 Å². The maximum absolute atomic E-state index is 12.0. The minimum Gasteiger partial charge on any atom is -0.456 e. The zero-order valence-corrected chi connectivity index (χ0v) is 11.2. The molecule has 0 saturated carbocycles. The van der Waals surface area contributed by atoms with E-state index in [1.54, 1.807) is 6.07 Å². The Morgan fingerprint density at radius 3 is 2.35 bits per heavy atom. The smallest absolute Gasteiger partial charge is 0.340 e. The van der Waals surface area contributed by atoms with Crippen molar-refractivity contribution in [3.05, 3.63) is 29.3 Å². The topological polar surface area (TPSA) is 52.3 Å². The van der Waals surface area contributed by atoms with E-state index in [1.807, 2.05) is 46.8 Å². The van der Waals surface area contributed by atoms with Crippen LogP contribution < -0.4 is 5.73 Å². The van der Waals surface area contributed by atoms with Crippen molar-refractivity contribution in [1.29, 1.82) is 0 Å². The third-order valence-electron chi connectivity index (χ3n) is 2.38. The van der Waals surface area contributed by atoms with Crippen LogP contribution in [0.1, 0.15) is 56.5 Å². The van der Waals surface area contributed by atoms with Gasteiger partial charge in [-0.3, -0.25) is 0 Å². The predicted molar refractivity (Wildman–Crippen MR) is 70.1 cm³/mol. The molecule has 0 radical (unpaired) electrons. The molecule has 0 amide bonds. The molecule has 0 aliphatic heterocycles. The summed E-state index contributed by atoms with van der Waals surface area (Å²) in [4.78, 5) is 12.0. The van der Waals surface area contributed by atoms with E-state index in [2.05, 4.69) is 0 Å². The average molecular weight is 235 g/mol. The van der Waals surface area contributed by atoms with Crippen LogP contribution in [0.3, 0.4) is 0 Å². The van der Waals surface area contributed by atoms with E-state index in [4.69, 9.17) is 10.5 Å². The molecule has 0 saturated heterocycles. The summed E-state index contributed by atoms with van der Waals surface area (Å²) in [5, 5.41) is 0. The molecule has 1 rings (SSSR count). The molecule has 1 aromatic rings. The van der Waals surface area contributed by atoms with Crippen molar-refractivity contribution in [2.75, 3.05) is 5.73 Å². The summed E-state index contributed by atoms with van der Waals surface area (Å²) in [5.74, 6) is -0.0742. The Kier molecular flexibility index (Phi) is 3.81. The van der Waals surface area contributed by atoms with Gasteiger partial charge in [0.05, 0.1) is 5.56 Å². The minimum atomic E-state index is -0.503. The van der Waals surface area contributed by atoms with Gasteiger partial charge in [0.15, 0.2) is 0 Å². The van der Waals surface area contributed by atoms with Gasteiger partial charge in [-0.2, -0.15) is 0 Å². The van der Waals surface area contributed by atoms with Crippen LogP contribution >= 0.6 is 0 Å². The molecule has 0 aliphatic carbocycles. The lowest BCUT2D eigenvalue weighted by Crippen LogP contribution is -2.24. The molecular weight excluding hydrogens is 214 g/mol. The third kappa shape index (κ3) is 3.48. The molecule has 94 valence electrons. The largest absolute Gasteiger partial charge is 0.456 e. The highest BCUT2D eigenvalue weighted by Crippen LogP contribution is 2.26. The number of hydrogen-bond acceptors (Lipinski definition) is 3. The zero-order valence-electron chi connectivity index (χ0n) is 11.2. The van der Waals surface area contributed by atoms with Gasteiger partial charge in [0.1, 0.15) is 5.60 Å². The number of nitrogens with two attached hydrogens (primary N) is 1. The second-order valence-electron chi connectivity index (χ2n) is 5.47. The minimum absolute atomic E-state index is 0.289. The highest BCUT2D eigenvalue weighted by atomic mass is 16.6. The SMILES string of the molecule is CC(C)c1cccc(C(=O)OC(C)(C)C)c1N. The summed E-state index contributed by atoms with van der Waals surface area (Å²) in [6.07, 6.45) is 0. The van der Waals surface area contributed by atoms with Crippen LogP contribution in [-0.2, 0) is 4.74 Å². The van der Waals surface area contributed by atoms with Gasteiger partial charge in [0.2, 0.25) is 0 Å². The van der Waals surface area contributed by atoms with Gasteiger partial charge < -0.3 is 10.5 Å². The van der Waals surface area contributed by atoms with Crippen molar-refractivity contribution in [3.8, 4) is 0 Å². The quantitative estimate of drug-likeness (QED) is 0.631. The van der Waals surface area contributed by atoms with Crippen LogP contribution in [0.2, 0.25) is 0 Å². The van der Waals surface area contributed by atoms with Crippen molar-refractivity contribution in [2.24, 2.45) is 0 Å². The number of esters is 1. The normalized spacial score (nSPS) is 11.6. The van der Waals surface area contributed by atoms with Crippen LogP contribution in [0.5, 0.6) is 0 Å². The van der Waals surface area contributed by atoms with Gasteiger partial charge in [-0.05, 0) is 38.3 Å². The van der Waals surface area contributed by atoms with Gasteiger partial charge in [-0.25, -0.2) is 4.79 Å². The number of ether oxygens (including phenoxy) is 1. The molecule has 2 N–H and O–H groups in total. The summed E-state index contributed by atoms with van der Waals surface area (Å²) >= 11 is 0. The van der Waals surface area contributed by atoms with Gasteiger partial charge in [-0.1, -0.05) is 26.0 Å². The van der Waals surface area contributed by atoms with Crippen molar-refractivity contribution in [1.82, 2.24) is 0 Å². The molecule has 0 aliphatic rings. The molecule has 17 heavy (non-hydrogen) atoms. The number of rotatable bonds is 2. The van der Waals surface area contributed by atoms with Crippen LogP contribution in [0, 0.1) is 0 Å². The van der Waals surface area contributed by atoms with Crippen molar-refractivity contribution in [3.63, 3.8) is 0 Å². The summed E-state index contributed by atoms with van der Waals surface area (Å²) in [6.45, 7) is 9.61. The first-order chi connectivity index (χ1) is 7.72. The Labute approximate surface area is 103 Å². The van der Waals surface area contributed by atoms with E-state index < -0.39 is 5.60 Å². The number of para-hydroxylation sites is 1. The summed E-state index contributed by atoms with van der Waals surface area (Å²) in [6, 6.07) is 5.48. The second kappa shape index (κ2) is 4.78. The van der Waals surface area contributed by atoms with Crippen LogP contribution in [-0.4, -0.2) is 11.6 Å². The van der Waals surface area contributed by atoms with Gasteiger partial charge >= 0.3 is 5.97 Å². The number of nitrogen functional groups attached to an aromatic ring is 1. The van der Waals surface area contributed by atoms with Gasteiger partial charge in [0, 0.05) is 5.69 Å². The molecule has 0 unspecified atom stereocenters. The molecule has 1 aromatic carbocycles. The summed E-state index contributed by atoms with van der Waals surface area (Å²) in [7, 11) is 0. The van der Waals surface area contributed by atoms with Crippen LogP contribution in [0.15, 0.2) is 18.2 Å². The lowest BCUT2D eigenvalue weighted by molar-refractivity contribution is 0.00707. The van der Waals surface area contributed by atoms with E-state index in [0.29, 0.717) is 11.3 Å². The van der Waals surface area contributed by atoms with E-state index in [-0.39, 0.29) is 11.9 Å². The fraction of sp³-hybridized carbons (Fsp3) is 0.500. The molecule has 0 heterocycles. The van der Waals surface area contributed by atoms with Crippen molar-refractivity contribution in [2.45, 2.75) is 46.1 Å². The summed E-state index contributed by atoms with van der Waals surface area (Å²) < 4.78 is 5.32. The van der Waals surface area contributed by atoms with Gasteiger partial charge in [-0.15, -0.1) is 0 Å². The standard InChI is InChI=1S/C14H21NO2/c1-9(2)10-7-6-8-11(12(10)15)13(16)17-14(3,4)5/h6-9H,15H2,1-5H3. The maximum Gasteiger partial charge on any atom is 0.340 e. The van der Waals surface area contributed by atoms with E-state index in [0.717, 1.165) is 5.56 Å². The molecule has 3 nitrogen and oxygen atoms in total. The first kappa shape index (κ1) is 13.6. The predicted octanol–water partition coefficient (Wildman–Crippen LogP) is 3.35. The molecule has 0 fully saturated rings. The maximum atomic E-state index is 12.0. The van der Waals surface area contributed by atoms with E-state index in [1.165, 1.54) is 0 Å². The summed E-state index contributed by atoms with van der Waals surface area (Å²) in [5.41, 5.74) is 7.46. The van der Waals surface area contributed by atoms with Crippen LogP contribution in [0.25, 0.3) is 0 Å². The average Bonchev–Trinajstić information content (AvgIpc) is 2.14. The Morgan fingerprint density at radius 2 is 1.88 bits per heavy atom. The highest BCUT2D eigenvalue weighted by molar-refractivity contribution is 5.96. The first-order valence-corrected chi connectivity index (χ1v) is 5.84. The molecule has 0 atom stereocenters. The number of anilines is 1. The molecule has 0 aromatic heterocycles. The van der Waals surface area contributed by atoms with E-state index >= 15 is 0 Å². The number of hydrogen-bond donors (Lipinski definition) is 1. The molecular formula is C14H21NO2. The Morgan fingerprint density at radius 1 is 1.29 bits per heavy atom. The monoisotopic (exact) mass is 235 g/mol. The first-order valence-electron chi connectivity index (χ1n) is 5.84. The molecule has 0 spiro atoms. The van der Waals surface area contributed by atoms with Gasteiger partial charge in [0.25, 0.3) is 0 Å². The fourth-order valence-electron chi connectivity index (χ4n) is 1.60. The molecule has 0 bridgehead atoms.